The van der Waals surface area contributed by atoms with E-state index in [0.717, 1.165) is 48.7 Å². The Hall–Kier alpha value is -1.88. The van der Waals surface area contributed by atoms with Gasteiger partial charge in [0.05, 0.1) is 17.6 Å². The van der Waals surface area contributed by atoms with Gasteiger partial charge in [0.2, 0.25) is 5.91 Å². The van der Waals surface area contributed by atoms with E-state index in [1.807, 2.05) is 12.1 Å². The first-order valence-electron chi connectivity index (χ1n) is 7.66. The smallest absolute Gasteiger partial charge is 0.221 e. The highest BCUT2D eigenvalue weighted by Crippen LogP contribution is 2.23. The van der Waals surface area contributed by atoms with Crippen molar-refractivity contribution in [3.63, 3.8) is 0 Å². The van der Waals surface area contributed by atoms with Crippen LogP contribution in [0, 0.1) is 0 Å². The fourth-order valence-electron chi connectivity index (χ4n) is 2.92. The Kier molecular flexibility index (Phi) is 3.92. The molecule has 0 atom stereocenters. The fourth-order valence-corrected chi connectivity index (χ4v) is 2.92. The molecule has 1 aliphatic rings. The van der Waals surface area contributed by atoms with Crippen molar-refractivity contribution in [2.75, 3.05) is 18.4 Å². The highest BCUT2D eigenvalue weighted by Gasteiger charge is 2.19. The van der Waals surface area contributed by atoms with Crippen LogP contribution in [0.4, 0.5) is 5.69 Å². The molecule has 2 aromatic rings. The third-order valence-electron chi connectivity index (χ3n) is 3.98. The first kappa shape index (κ1) is 14.1. The Morgan fingerprint density at radius 3 is 3.00 bits per heavy atom. The third-order valence-corrected chi connectivity index (χ3v) is 3.98. The highest BCUT2D eigenvalue weighted by atomic mass is 16.1. The van der Waals surface area contributed by atoms with Crippen molar-refractivity contribution in [1.82, 2.24) is 14.5 Å². The van der Waals surface area contributed by atoms with E-state index in [1.54, 1.807) is 0 Å². The molecule has 112 valence electrons. The summed E-state index contributed by atoms with van der Waals surface area (Å²) in [7, 11) is 0. The minimum absolute atomic E-state index is 0.0518. The van der Waals surface area contributed by atoms with E-state index in [9.17, 15) is 4.79 Å². The van der Waals surface area contributed by atoms with Gasteiger partial charge in [0.1, 0.15) is 5.82 Å². The summed E-state index contributed by atoms with van der Waals surface area (Å²) >= 11 is 0. The second kappa shape index (κ2) is 5.85. The number of unbranched alkanes of at least 4 members (excludes halogenated alkanes) is 1. The largest absolute Gasteiger partial charge is 0.326 e. The Balaban J connectivity index is 1.86. The van der Waals surface area contributed by atoms with Gasteiger partial charge in [-0.25, -0.2) is 4.98 Å². The number of fused-ring (bicyclic) bond motifs is 3. The standard InChI is InChI=1S/C16H22N4O/c1-3-4-7-19-8-9-20-15-6-5-13(17-12(2)21)10-14(15)18-16(20)11-19/h5-6,10H,3-4,7-9,11H2,1-2H3,(H,17,21). The van der Waals surface area contributed by atoms with Crippen LogP contribution in [0.5, 0.6) is 0 Å². The number of hydrogen-bond acceptors (Lipinski definition) is 3. The van der Waals surface area contributed by atoms with Gasteiger partial charge in [-0.3, -0.25) is 9.69 Å². The number of aromatic nitrogens is 2. The van der Waals surface area contributed by atoms with Crippen LogP contribution in [-0.2, 0) is 17.9 Å². The van der Waals surface area contributed by atoms with E-state index >= 15 is 0 Å². The molecule has 1 aliphatic heterocycles. The average molecular weight is 286 g/mol. The van der Waals surface area contributed by atoms with Gasteiger partial charge in [-0.1, -0.05) is 13.3 Å². The van der Waals surface area contributed by atoms with Crippen LogP contribution < -0.4 is 5.32 Å². The Labute approximate surface area is 125 Å². The van der Waals surface area contributed by atoms with E-state index in [-0.39, 0.29) is 5.91 Å². The van der Waals surface area contributed by atoms with Gasteiger partial charge in [0.15, 0.2) is 0 Å². The van der Waals surface area contributed by atoms with Gasteiger partial charge in [-0.05, 0) is 31.2 Å². The molecule has 0 fully saturated rings. The van der Waals surface area contributed by atoms with Crippen molar-refractivity contribution < 1.29 is 4.79 Å². The molecule has 0 unspecified atom stereocenters. The van der Waals surface area contributed by atoms with Gasteiger partial charge in [0, 0.05) is 25.7 Å². The number of rotatable bonds is 4. The number of carbonyl (C=O) groups is 1. The molecule has 0 aliphatic carbocycles. The van der Waals surface area contributed by atoms with Gasteiger partial charge >= 0.3 is 0 Å². The first-order valence-corrected chi connectivity index (χ1v) is 7.66. The van der Waals surface area contributed by atoms with Crippen molar-refractivity contribution in [3.8, 4) is 0 Å². The monoisotopic (exact) mass is 286 g/mol. The summed E-state index contributed by atoms with van der Waals surface area (Å²) in [4.78, 5) is 18.4. The number of benzene rings is 1. The number of nitrogens with zero attached hydrogens (tertiary/aromatic N) is 3. The molecular weight excluding hydrogens is 264 g/mol. The quantitative estimate of drug-likeness (QED) is 0.940. The van der Waals surface area contributed by atoms with Crippen molar-refractivity contribution in [1.29, 1.82) is 0 Å². The molecule has 1 aromatic heterocycles. The van der Waals surface area contributed by atoms with E-state index in [0.29, 0.717) is 0 Å². The van der Waals surface area contributed by atoms with Crippen LogP contribution in [0.3, 0.4) is 0 Å². The molecule has 0 radical (unpaired) electrons. The summed E-state index contributed by atoms with van der Waals surface area (Å²) in [6.45, 7) is 7.90. The summed E-state index contributed by atoms with van der Waals surface area (Å²) in [5.74, 6) is 1.08. The molecule has 0 saturated heterocycles. The summed E-state index contributed by atoms with van der Waals surface area (Å²) in [5.41, 5.74) is 2.94. The van der Waals surface area contributed by atoms with Crippen LogP contribution in [-0.4, -0.2) is 33.4 Å². The molecule has 0 spiro atoms. The second-order valence-electron chi connectivity index (χ2n) is 5.69. The lowest BCUT2D eigenvalue weighted by molar-refractivity contribution is -0.114. The van der Waals surface area contributed by atoms with Crippen LogP contribution in [0.2, 0.25) is 0 Å². The maximum Gasteiger partial charge on any atom is 0.221 e. The Morgan fingerprint density at radius 1 is 1.38 bits per heavy atom. The number of carbonyl (C=O) groups excluding carboxylic acids is 1. The normalized spacial score (nSPS) is 15.1. The SMILES string of the molecule is CCCCN1CCn2c(nc3cc(NC(C)=O)ccc32)C1. The zero-order valence-corrected chi connectivity index (χ0v) is 12.7. The summed E-state index contributed by atoms with van der Waals surface area (Å²) in [6, 6.07) is 5.96. The van der Waals surface area contributed by atoms with Crippen molar-refractivity contribution in [3.05, 3.63) is 24.0 Å². The molecule has 3 rings (SSSR count). The number of amides is 1. The molecule has 5 heteroatoms. The zero-order valence-electron chi connectivity index (χ0n) is 12.7. The van der Waals surface area contributed by atoms with E-state index < -0.39 is 0 Å². The summed E-state index contributed by atoms with van der Waals surface area (Å²) in [6.07, 6.45) is 2.47. The zero-order chi connectivity index (χ0) is 14.8. The number of imidazole rings is 1. The number of anilines is 1. The maximum absolute atomic E-state index is 11.1. The van der Waals surface area contributed by atoms with E-state index in [4.69, 9.17) is 4.98 Å². The van der Waals surface area contributed by atoms with E-state index in [2.05, 4.69) is 27.8 Å². The molecule has 1 N–H and O–H groups in total. The topological polar surface area (TPSA) is 50.2 Å². The highest BCUT2D eigenvalue weighted by molar-refractivity contribution is 5.91. The van der Waals surface area contributed by atoms with Crippen LogP contribution >= 0.6 is 0 Å². The maximum atomic E-state index is 11.1. The molecule has 1 aromatic carbocycles. The van der Waals surface area contributed by atoms with Gasteiger partial charge in [-0.2, -0.15) is 0 Å². The van der Waals surface area contributed by atoms with E-state index in [1.165, 1.54) is 19.8 Å². The van der Waals surface area contributed by atoms with Gasteiger partial charge in [0.25, 0.3) is 0 Å². The van der Waals surface area contributed by atoms with Crippen molar-refractivity contribution >= 4 is 22.6 Å². The van der Waals surface area contributed by atoms with Gasteiger partial charge < -0.3 is 9.88 Å². The molecule has 0 saturated carbocycles. The van der Waals surface area contributed by atoms with Crippen LogP contribution in [0.15, 0.2) is 18.2 Å². The second-order valence-corrected chi connectivity index (χ2v) is 5.69. The predicted molar refractivity (Wildman–Crippen MR) is 84.2 cm³/mol. The van der Waals surface area contributed by atoms with Gasteiger partial charge in [-0.15, -0.1) is 0 Å². The Morgan fingerprint density at radius 2 is 2.24 bits per heavy atom. The molecule has 0 bridgehead atoms. The number of hydrogen-bond donors (Lipinski definition) is 1. The van der Waals surface area contributed by atoms with Crippen LogP contribution in [0.25, 0.3) is 11.0 Å². The average Bonchev–Trinajstić information content (AvgIpc) is 2.81. The predicted octanol–water partition coefficient (Wildman–Crippen LogP) is 2.61. The lowest BCUT2D eigenvalue weighted by atomic mass is 10.2. The van der Waals surface area contributed by atoms with Crippen molar-refractivity contribution in [2.24, 2.45) is 0 Å². The molecule has 21 heavy (non-hydrogen) atoms. The molecule has 5 nitrogen and oxygen atoms in total. The van der Waals surface area contributed by atoms with Crippen LogP contribution in [0.1, 0.15) is 32.5 Å². The molecule has 1 amide bonds. The first-order chi connectivity index (χ1) is 10.2. The van der Waals surface area contributed by atoms with Crippen molar-refractivity contribution in [2.45, 2.75) is 39.8 Å². The summed E-state index contributed by atoms with van der Waals surface area (Å²) in [5, 5.41) is 2.82. The lowest BCUT2D eigenvalue weighted by Gasteiger charge is -2.27. The third kappa shape index (κ3) is 2.93. The molecule has 2 heterocycles. The number of nitrogens with one attached hydrogen (secondary N) is 1. The lowest BCUT2D eigenvalue weighted by Crippen LogP contribution is -2.34. The fraction of sp³-hybridized carbons (Fsp3) is 0.500. The summed E-state index contributed by atoms with van der Waals surface area (Å²) < 4.78 is 2.30. The Bertz CT molecular complexity index is 662. The minimum atomic E-state index is -0.0518. The molecular formula is C16H22N4O. The minimum Gasteiger partial charge on any atom is -0.326 e.